The van der Waals surface area contributed by atoms with Gasteiger partial charge in [0.15, 0.2) is 6.54 Å². The maximum atomic E-state index is 12.6. The molecule has 1 atom stereocenters. The zero-order valence-electron chi connectivity index (χ0n) is 15.2. The van der Waals surface area contributed by atoms with Crippen LogP contribution in [0.2, 0.25) is 0 Å². The molecule has 1 amide bonds. The van der Waals surface area contributed by atoms with Gasteiger partial charge in [-0.05, 0) is 53.5 Å². The summed E-state index contributed by atoms with van der Waals surface area (Å²) in [5, 5.41) is 2.94. The van der Waals surface area contributed by atoms with E-state index in [1.807, 2.05) is 40.8 Å². The number of hydrogen-bond donors (Lipinski definition) is 2. The first kappa shape index (κ1) is 17.7. The van der Waals surface area contributed by atoms with Crippen LogP contribution in [0.4, 0.5) is 0 Å². The lowest BCUT2D eigenvalue weighted by molar-refractivity contribution is -0.862. The van der Waals surface area contributed by atoms with Crippen molar-refractivity contribution in [3.63, 3.8) is 0 Å². The van der Waals surface area contributed by atoms with Crippen molar-refractivity contribution in [2.75, 3.05) is 20.1 Å². The third-order valence-corrected chi connectivity index (χ3v) is 4.14. The van der Waals surface area contributed by atoms with Gasteiger partial charge in [-0.2, -0.15) is 0 Å². The molecule has 0 bridgehead atoms. The SMILES string of the molecule is Cc1cc(C(=O)C[NH+](C)CC(=O)NC(C)(C)C)c(C)n1C1CC1. The third kappa shape index (κ3) is 4.67. The van der Waals surface area contributed by atoms with Crippen molar-refractivity contribution in [2.45, 2.75) is 59.0 Å². The molecule has 1 fully saturated rings. The predicted molar refractivity (Wildman–Crippen MR) is 91.0 cm³/mol. The number of nitrogens with one attached hydrogen (secondary N) is 2. The van der Waals surface area contributed by atoms with E-state index in [4.69, 9.17) is 0 Å². The van der Waals surface area contributed by atoms with E-state index in [0.29, 0.717) is 19.1 Å². The molecule has 1 saturated carbocycles. The van der Waals surface area contributed by atoms with Crippen LogP contribution >= 0.6 is 0 Å². The van der Waals surface area contributed by atoms with E-state index >= 15 is 0 Å². The fourth-order valence-electron chi connectivity index (χ4n) is 3.12. The third-order valence-electron chi connectivity index (χ3n) is 4.14. The number of hydrogen-bond acceptors (Lipinski definition) is 2. The number of quaternary nitrogens is 1. The van der Waals surface area contributed by atoms with Gasteiger partial charge in [0.2, 0.25) is 5.78 Å². The highest BCUT2D eigenvalue weighted by Crippen LogP contribution is 2.38. The Bertz CT molecular complexity index is 607. The summed E-state index contributed by atoms with van der Waals surface area (Å²) in [6.45, 7) is 10.6. The molecule has 1 aliphatic carbocycles. The minimum Gasteiger partial charge on any atom is -0.347 e. The second-order valence-corrected chi connectivity index (χ2v) is 7.92. The molecule has 2 N–H and O–H groups in total. The first-order chi connectivity index (χ1) is 10.6. The summed E-state index contributed by atoms with van der Waals surface area (Å²) in [7, 11) is 1.89. The Hall–Kier alpha value is -1.62. The van der Waals surface area contributed by atoms with Crippen molar-refractivity contribution in [1.29, 1.82) is 0 Å². The molecule has 0 aromatic carbocycles. The first-order valence-corrected chi connectivity index (χ1v) is 8.42. The monoisotopic (exact) mass is 320 g/mol. The topological polar surface area (TPSA) is 55.5 Å². The van der Waals surface area contributed by atoms with Gasteiger partial charge in [0.05, 0.1) is 7.05 Å². The van der Waals surface area contributed by atoms with Crippen LogP contribution in [-0.4, -0.2) is 41.9 Å². The number of carbonyl (C=O) groups is 2. The Morgan fingerprint density at radius 3 is 2.39 bits per heavy atom. The molecule has 1 aromatic heterocycles. The molecule has 0 aliphatic heterocycles. The molecule has 0 saturated heterocycles. The highest BCUT2D eigenvalue weighted by Gasteiger charge is 2.29. The zero-order chi connectivity index (χ0) is 17.4. The average Bonchev–Trinajstić information content (AvgIpc) is 3.13. The van der Waals surface area contributed by atoms with Crippen LogP contribution < -0.4 is 10.2 Å². The minimum absolute atomic E-state index is 0.0220. The summed E-state index contributed by atoms with van der Waals surface area (Å²) in [6, 6.07) is 2.58. The molecule has 0 radical (unpaired) electrons. The Labute approximate surface area is 139 Å². The second-order valence-electron chi connectivity index (χ2n) is 7.92. The number of ketones is 1. The normalized spacial score (nSPS) is 16.3. The van der Waals surface area contributed by atoms with Gasteiger partial charge in [-0.1, -0.05) is 0 Å². The van der Waals surface area contributed by atoms with Crippen LogP contribution in [0.3, 0.4) is 0 Å². The van der Waals surface area contributed by atoms with Crippen molar-refractivity contribution >= 4 is 11.7 Å². The van der Waals surface area contributed by atoms with Gasteiger partial charge in [0.1, 0.15) is 6.54 Å². The van der Waals surface area contributed by atoms with Crippen LogP contribution in [-0.2, 0) is 4.79 Å². The average molecular weight is 320 g/mol. The molecule has 1 heterocycles. The summed E-state index contributed by atoms with van der Waals surface area (Å²) >= 11 is 0. The number of aryl methyl sites for hydroxylation is 1. The number of carbonyl (C=O) groups excluding carboxylic acids is 2. The van der Waals surface area contributed by atoms with Crippen molar-refractivity contribution in [3.8, 4) is 0 Å². The quantitative estimate of drug-likeness (QED) is 0.770. The molecule has 1 aromatic rings. The van der Waals surface area contributed by atoms with Gasteiger partial charge in [-0.25, -0.2) is 0 Å². The molecule has 1 aliphatic rings. The van der Waals surface area contributed by atoms with E-state index < -0.39 is 0 Å². The highest BCUT2D eigenvalue weighted by atomic mass is 16.2. The van der Waals surface area contributed by atoms with Crippen molar-refractivity contribution in [2.24, 2.45) is 0 Å². The van der Waals surface area contributed by atoms with Gasteiger partial charge in [0, 0.05) is 28.5 Å². The van der Waals surface area contributed by atoms with Crippen molar-refractivity contribution in [1.82, 2.24) is 9.88 Å². The molecule has 5 nitrogen and oxygen atoms in total. The Morgan fingerprint density at radius 2 is 1.87 bits per heavy atom. The van der Waals surface area contributed by atoms with Crippen molar-refractivity contribution < 1.29 is 14.5 Å². The number of likely N-dealkylation sites (N-methyl/N-ethyl adjacent to an activating group) is 1. The summed E-state index contributed by atoms with van der Waals surface area (Å²) in [4.78, 5) is 25.5. The largest absolute Gasteiger partial charge is 0.347 e. The van der Waals surface area contributed by atoms with Crippen LogP contribution in [0, 0.1) is 13.8 Å². The van der Waals surface area contributed by atoms with Crippen LogP contribution in [0.15, 0.2) is 6.07 Å². The van der Waals surface area contributed by atoms with E-state index in [-0.39, 0.29) is 17.2 Å². The van der Waals surface area contributed by atoms with Gasteiger partial charge in [0.25, 0.3) is 5.91 Å². The molecular weight excluding hydrogens is 290 g/mol. The van der Waals surface area contributed by atoms with Gasteiger partial charge >= 0.3 is 0 Å². The van der Waals surface area contributed by atoms with E-state index in [2.05, 4.69) is 16.8 Å². The van der Waals surface area contributed by atoms with Gasteiger partial charge in [-0.3, -0.25) is 9.59 Å². The predicted octanol–water partition coefficient (Wildman–Crippen LogP) is 1.05. The second kappa shape index (κ2) is 6.48. The molecule has 1 unspecified atom stereocenters. The van der Waals surface area contributed by atoms with Crippen LogP contribution in [0.1, 0.15) is 61.4 Å². The number of nitrogens with zero attached hydrogens (tertiary/aromatic N) is 1. The Balaban J connectivity index is 1.96. The Morgan fingerprint density at radius 1 is 1.26 bits per heavy atom. The van der Waals surface area contributed by atoms with Crippen LogP contribution in [0.25, 0.3) is 0 Å². The number of rotatable bonds is 6. The highest BCUT2D eigenvalue weighted by molar-refractivity contribution is 5.98. The van der Waals surface area contributed by atoms with Gasteiger partial charge in [-0.15, -0.1) is 0 Å². The van der Waals surface area contributed by atoms with E-state index in [1.54, 1.807) is 0 Å². The van der Waals surface area contributed by atoms with Crippen LogP contribution in [0.5, 0.6) is 0 Å². The lowest BCUT2D eigenvalue weighted by atomic mass is 10.1. The standard InChI is InChI=1S/C18H29N3O2/c1-12-9-15(13(2)21(12)14-7-8-14)16(22)10-20(6)11-17(23)19-18(3,4)5/h9,14H,7-8,10-11H2,1-6H3,(H,19,23)/p+1. The smallest absolute Gasteiger partial charge is 0.275 e. The fourth-order valence-corrected chi connectivity index (χ4v) is 3.12. The summed E-state index contributed by atoms with van der Waals surface area (Å²) in [5.41, 5.74) is 2.81. The fraction of sp³-hybridized carbons (Fsp3) is 0.667. The number of aromatic nitrogens is 1. The van der Waals surface area contributed by atoms with Crippen molar-refractivity contribution in [3.05, 3.63) is 23.0 Å². The molecule has 2 rings (SSSR count). The molecule has 23 heavy (non-hydrogen) atoms. The lowest BCUT2D eigenvalue weighted by Gasteiger charge is -2.21. The van der Waals surface area contributed by atoms with E-state index in [9.17, 15) is 9.59 Å². The zero-order valence-corrected chi connectivity index (χ0v) is 15.2. The maximum Gasteiger partial charge on any atom is 0.275 e. The maximum absolute atomic E-state index is 12.6. The summed E-state index contributed by atoms with van der Waals surface area (Å²) < 4.78 is 2.29. The van der Waals surface area contributed by atoms with E-state index in [1.165, 1.54) is 12.8 Å². The minimum atomic E-state index is -0.240. The summed E-state index contributed by atoms with van der Waals surface area (Å²) in [5.74, 6) is 0.0947. The van der Waals surface area contributed by atoms with E-state index in [0.717, 1.165) is 21.9 Å². The number of Topliss-reactive ketones (excluding diaryl/α,β-unsaturated/α-hetero) is 1. The first-order valence-electron chi connectivity index (χ1n) is 8.42. The van der Waals surface area contributed by atoms with Gasteiger partial charge < -0.3 is 14.8 Å². The summed E-state index contributed by atoms with van der Waals surface area (Å²) in [6.07, 6.45) is 2.42. The molecule has 128 valence electrons. The molecule has 5 heteroatoms. The Kier molecular flexibility index (Phi) is 4.99. The lowest BCUT2D eigenvalue weighted by Crippen LogP contribution is -3.11. The molecule has 0 spiro atoms. The molecular formula is C18H30N3O2+. The number of amides is 1.